The maximum absolute atomic E-state index is 4.29. The zero-order valence-electron chi connectivity index (χ0n) is 12.4. The maximum atomic E-state index is 4.29. The third-order valence-corrected chi connectivity index (χ3v) is 3.84. The highest BCUT2D eigenvalue weighted by Gasteiger charge is 2.13. The maximum Gasteiger partial charge on any atom is 0.0951 e. The first-order valence-electron chi connectivity index (χ1n) is 6.77. The minimum absolute atomic E-state index is 0.149. The summed E-state index contributed by atoms with van der Waals surface area (Å²) in [5.41, 5.74) is 1.43. The van der Waals surface area contributed by atoms with Gasteiger partial charge in [0.15, 0.2) is 0 Å². The van der Waals surface area contributed by atoms with E-state index in [-0.39, 0.29) is 5.54 Å². The molecule has 104 valence electrons. The second kappa shape index (κ2) is 7.19. The molecule has 1 N–H and O–H groups in total. The second-order valence-corrected chi connectivity index (χ2v) is 7.12. The number of aromatic nitrogens is 2. The molecule has 0 spiro atoms. The molecule has 1 rings (SSSR count). The van der Waals surface area contributed by atoms with Crippen LogP contribution in [0.15, 0.2) is 12.5 Å². The third-order valence-electron chi connectivity index (χ3n) is 2.91. The van der Waals surface area contributed by atoms with Crippen molar-refractivity contribution in [2.75, 3.05) is 11.5 Å². The molecule has 1 aromatic rings. The molecule has 1 aromatic heterocycles. The lowest BCUT2D eigenvalue weighted by atomic mass is 10.1. The van der Waals surface area contributed by atoms with Crippen LogP contribution in [0.4, 0.5) is 0 Å². The van der Waals surface area contributed by atoms with Gasteiger partial charge in [-0.3, -0.25) is 0 Å². The number of thioether (sulfide) groups is 1. The van der Waals surface area contributed by atoms with Gasteiger partial charge in [0, 0.05) is 24.3 Å². The Balaban J connectivity index is 2.53. The Kier molecular flexibility index (Phi) is 6.22. The van der Waals surface area contributed by atoms with Gasteiger partial charge in [0.2, 0.25) is 0 Å². The van der Waals surface area contributed by atoms with Crippen molar-refractivity contribution in [2.45, 2.75) is 59.2 Å². The first kappa shape index (κ1) is 15.6. The van der Waals surface area contributed by atoms with Gasteiger partial charge in [0.25, 0.3) is 0 Å². The van der Waals surface area contributed by atoms with Crippen molar-refractivity contribution in [3.8, 4) is 0 Å². The summed E-state index contributed by atoms with van der Waals surface area (Å²) in [4.78, 5) is 4.29. The van der Waals surface area contributed by atoms with E-state index in [0.29, 0.717) is 6.04 Å². The number of hydrogen-bond donors (Lipinski definition) is 1. The first-order chi connectivity index (χ1) is 8.44. The normalized spacial score (nSPS) is 13.8. The molecule has 1 heterocycles. The van der Waals surface area contributed by atoms with E-state index in [2.05, 4.69) is 49.5 Å². The molecule has 1 unspecified atom stereocenters. The van der Waals surface area contributed by atoms with Gasteiger partial charge < -0.3 is 9.88 Å². The Morgan fingerprint density at radius 3 is 2.78 bits per heavy atom. The molecular formula is C14H27N3S. The van der Waals surface area contributed by atoms with Gasteiger partial charge >= 0.3 is 0 Å². The van der Waals surface area contributed by atoms with E-state index >= 15 is 0 Å². The molecule has 0 aliphatic heterocycles. The topological polar surface area (TPSA) is 29.9 Å². The molecule has 0 radical (unpaired) electrons. The van der Waals surface area contributed by atoms with Crippen molar-refractivity contribution in [2.24, 2.45) is 0 Å². The summed E-state index contributed by atoms with van der Waals surface area (Å²) in [5, 5.41) is 3.52. The third kappa shape index (κ3) is 5.44. The van der Waals surface area contributed by atoms with Crippen molar-refractivity contribution < 1.29 is 0 Å². The first-order valence-corrected chi connectivity index (χ1v) is 7.93. The molecule has 1 atom stereocenters. The summed E-state index contributed by atoms with van der Waals surface area (Å²) in [6, 6.07) is 0.531. The van der Waals surface area contributed by atoms with Crippen molar-refractivity contribution >= 4 is 11.8 Å². The van der Waals surface area contributed by atoms with Crippen LogP contribution in [0, 0.1) is 0 Å². The van der Waals surface area contributed by atoms with Gasteiger partial charge in [-0.2, -0.15) is 11.8 Å². The quantitative estimate of drug-likeness (QED) is 0.769. The van der Waals surface area contributed by atoms with Crippen LogP contribution in [0.5, 0.6) is 0 Å². The number of rotatable bonds is 7. The molecule has 0 fully saturated rings. The molecule has 0 saturated heterocycles. The molecule has 0 bridgehead atoms. The Bertz CT molecular complexity index is 341. The van der Waals surface area contributed by atoms with Crippen LogP contribution >= 0.6 is 11.8 Å². The van der Waals surface area contributed by atoms with Crippen LogP contribution in [0.1, 0.15) is 52.8 Å². The van der Waals surface area contributed by atoms with Crippen LogP contribution in [0.3, 0.4) is 0 Å². The fourth-order valence-electron chi connectivity index (χ4n) is 1.76. The minimum Gasteiger partial charge on any atom is -0.331 e. The average molecular weight is 269 g/mol. The summed E-state index contributed by atoms with van der Waals surface area (Å²) in [5.74, 6) is 2.43. The molecule has 0 aliphatic carbocycles. The molecule has 18 heavy (non-hydrogen) atoms. The largest absolute Gasteiger partial charge is 0.331 e. The van der Waals surface area contributed by atoms with Gasteiger partial charge in [-0.05, 0) is 45.6 Å². The van der Waals surface area contributed by atoms with Crippen molar-refractivity contribution in [1.82, 2.24) is 14.9 Å². The van der Waals surface area contributed by atoms with Crippen LogP contribution in [0.2, 0.25) is 0 Å². The van der Waals surface area contributed by atoms with Crippen LogP contribution in [-0.4, -0.2) is 26.6 Å². The van der Waals surface area contributed by atoms with Crippen LogP contribution in [0.25, 0.3) is 0 Å². The van der Waals surface area contributed by atoms with E-state index in [1.807, 2.05) is 24.3 Å². The summed E-state index contributed by atoms with van der Waals surface area (Å²) >= 11 is 2.01. The van der Waals surface area contributed by atoms with E-state index in [0.717, 1.165) is 6.54 Å². The Hall–Kier alpha value is -0.480. The predicted octanol–water partition coefficient (Wildman–Crippen LogP) is 3.48. The van der Waals surface area contributed by atoms with Gasteiger partial charge in [-0.1, -0.05) is 6.92 Å². The Labute approximate surface area is 116 Å². The smallest absolute Gasteiger partial charge is 0.0951 e. The second-order valence-electron chi connectivity index (χ2n) is 5.73. The van der Waals surface area contributed by atoms with E-state index in [9.17, 15) is 0 Å². The zero-order chi connectivity index (χ0) is 13.6. The lowest BCUT2D eigenvalue weighted by molar-refractivity contribution is 0.407. The lowest BCUT2D eigenvalue weighted by Crippen LogP contribution is -2.35. The van der Waals surface area contributed by atoms with E-state index in [1.165, 1.54) is 23.6 Å². The molecule has 0 amide bonds. The molecule has 3 nitrogen and oxygen atoms in total. The summed E-state index contributed by atoms with van der Waals surface area (Å²) in [6.07, 6.45) is 5.14. The highest BCUT2D eigenvalue weighted by molar-refractivity contribution is 7.99. The Morgan fingerprint density at radius 1 is 1.44 bits per heavy atom. The van der Waals surface area contributed by atoms with Gasteiger partial charge in [0.05, 0.1) is 12.0 Å². The summed E-state index contributed by atoms with van der Waals surface area (Å²) < 4.78 is 2.30. The fourth-order valence-corrected chi connectivity index (χ4v) is 2.56. The molecule has 0 saturated carbocycles. The SMILES string of the molecule is CCSCCC(C)n1cncc1CNC(C)(C)C. The van der Waals surface area contributed by atoms with E-state index in [4.69, 9.17) is 0 Å². The number of hydrogen-bond acceptors (Lipinski definition) is 3. The molecule has 0 aromatic carbocycles. The highest BCUT2D eigenvalue weighted by Crippen LogP contribution is 2.17. The minimum atomic E-state index is 0.149. The lowest BCUT2D eigenvalue weighted by Gasteiger charge is -2.22. The van der Waals surface area contributed by atoms with E-state index < -0.39 is 0 Å². The van der Waals surface area contributed by atoms with Crippen molar-refractivity contribution in [1.29, 1.82) is 0 Å². The van der Waals surface area contributed by atoms with Crippen molar-refractivity contribution in [3.63, 3.8) is 0 Å². The zero-order valence-corrected chi connectivity index (χ0v) is 13.2. The molecule has 4 heteroatoms. The van der Waals surface area contributed by atoms with Gasteiger partial charge in [-0.25, -0.2) is 4.98 Å². The summed E-state index contributed by atoms with van der Waals surface area (Å²) in [6.45, 7) is 11.9. The predicted molar refractivity (Wildman–Crippen MR) is 81.1 cm³/mol. The Morgan fingerprint density at radius 2 is 2.17 bits per heavy atom. The number of nitrogens with zero attached hydrogens (tertiary/aromatic N) is 2. The van der Waals surface area contributed by atoms with Gasteiger partial charge in [-0.15, -0.1) is 0 Å². The standard InChI is InChI=1S/C14H27N3S/c1-6-18-8-7-12(2)17-11-15-9-13(17)10-16-14(3,4)5/h9,11-12,16H,6-8,10H2,1-5H3. The fraction of sp³-hybridized carbons (Fsp3) is 0.786. The monoisotopic (exact) mass is 269 g/mol. The van der Waals surface area contributed by atoms with Crippen LogP contribution < -0.4 is 5.32 Å². The summed E-state index contributed by atoms with van der Waals surface area (Å²) in [7, 11) is 0. The van der Waals surface area contributed by atoms with E-state index in [1.54, 1.807) is 0 Å². The van der Waals surface area contributed by atoms with Gasteiger partial charge in [0.1, 0.15) is 0 Å². The number of nitrogens with one attached hydrogen (secondary N) is 1. The molecule has 0 aliphatic rings. The van der Waals surface area contributed by atoms with Crippen molar-refractivity contribution in [3.05, 3.63) is 18.2 Å². The van der Waals surface area contributed by atoms with Crippen LogP contribution in [-0.2, 0) is 6.54 Å². The molecular weight excluding hydrogens is 242 g/mol. The average Bonchev–Trinajstić information content (AvgIpc) is 2.73. The highest BCUT2D eigenvalue weighted by atomic mass is 32.2. The number of imidazole rings is 1.